The van der Waals surface area contributed by atoms with Crippen molar-refractivity contribution in [2.45, 2.75) is 5.88 Å². The molecular formula is C13H13ClN2O3. The van der Waals surface area contributed by atoms with E-state index in [4.69, 9.17) is 25.8 Å². The maximum absolute atomic E-state index is 5.85. The Kier molecular flexibility index (Phi) is 4.41. The smallest absolute Gasteiger partial charge is 0.328 e. The largest absolute Gasteiger partial charge is 0.481 e. The summed E-state index contributed by atoms with van der Waals surface area (Å²) in [6.07, 6.45) is 0. The normalized spacial score (nSPS) is 10.1. The van der Waals surface area contributed by atoms with Crippen LogP contribution in [0.4, 0.5) is 0 Å². The van der Waals surface area contributed by atoms with Crippen LogP contribution in [0.3, 0.4) is 0 Å². The second-order valence-corrected chi connectivity index (χ2v) is 3.85. The number of hydrogen-bond acceptors (Lipinski definition) is 5. The first-order valence-electron chi connectivity index (χ1n) is 5.55. The summed E-state index contributed by atoms with van der Waals surface area (Å²) >= 11 is 5.85. The zero-order valence-electron chi connectivity index (χ0n) is 10.6. The molecule has 1 heterocycles. The third-order valence-electron chi connectivity index (χ3n) is 2.39. The minimum atomic E-state index is 0.147. The first-order valence-corrected chi connectivity index (χ1v) is 6.09. The summed E-state index contributed by atoms with van der Waals surface area (Å²) in [6.45, 7) is 0. The molecular weight excluding hydrogens is 268 g/mol. The maximum atomic E-state index is 5.85. The number of alkyl halides is 1. The van der Waals surface area contributed by atoms with Crippen molar-refractivity contribution < 1.29 is 14.2 Å². The number of rotatable bonds is 5. The summed E-state index contributed by atoms with van der Waals surface area (Å²) in [7, 11) is 3.02. The lowest BCUT2D eigenvalue weighted by atomic mass is 10.2. The highest BCUT2D eigenvalue weighted by atomic mass is 35.5. The molecule has 6 heteroatoms. The molecule has 5 nitrogen and oxygen atoms in total. The van der Waals surface area contributed by atoms with E-state index < -0.39 is 0 Å². The molecule has 0 atom stereocenters. The van der Waals surface area contributed by atoms with E-state index in [9.17, 15) is 0 Å². The lowest BCUT2D eigenvalue weighted by Crippen LogP contribution is -1.99. The van der Waals surface area contributed by atoms with Crippen molar-refractivity contribution in [3.05, 3.63) is 35.9 Å². The molecule has 0 spiro atoms. The van der Waals surface area contributed by atoms with Crippen molar-refractivity contribution in [3.63, 3.8) is 0 Å². The Hall–Kier alpha value is -2.01. The second-order valence-electron chi connectivity index (χ2n) is 3.58. The molecule has 0 N–H and O–H groups in total. The Bertz CT molecular complexity index is 541. The predicted octanol–water partition coefficient (Wildman–Crippen LogP) is 3.02. The van der Waals surface area contributed by atoms with Crippen LogP contribution in [0.2, 0.25) is 0 Å². The van der Waals surface area contributed by atoms with Gasteiger partial charge in [0.15, 0.2) is 0 Å². The van der Waals surface area contributed by atoms with Gasteiger partial charge in [0.05, 0.1) is 26.2 Å². The number of aromatic nitrogens is 2. The molecule has 1 aromatic heterocycles. The number of halogens is 1. The second kappa shape index (κ2) is 6.24. The van der Waals surface area contributed by atoms with Crippen LogP contribution < -0.4 is 14.2 Å². The van der Waals surface area contributed by atoms with Crippen LogP contribution in [0.25, 0.3) is 0 Å². The molecule has 0 unspecified atom stereocenters. The monoisotopic (exact) mass is 280 g/mol. The molecule has 0 aliphatic rings. The van der Waals surface area contributed by atoms with Crippen LogP contribution in [0.15, 0.2) is 30.3 Å². The average Bonchev–Trinajstić information content (AvgIpc) is 2.47. The molecule has 19 heavy (non-hydrogen) atoms. The third-order valence-corrected chi connectivity index (χ3v) is 2.68. The van der Waals surface area contributed by atoms with Gasteiger partial charge in [-0.05, 0) is 6.07 Å². The number of benzene rings is 1. The van der Waals surface area contributed by atoms with E-state index in [0.29, 0.717) is 23.4 Å². The Morgan fingerprint density at radius 1 is 1.05 bits per heavy atom. The Labute approximate surface area is 116 Å². The lowest BCUT2D eigenvalue weighted by Gasteiger charge is -2.09. The Balaban J connectivity index is 2.32. The van der Waals surface area contributed by atoms with Gasteiger partial charge < -0.3 is 14.2 Å². The number of methoxy groups -OCH3 is 2. The van der Waals surface area contributed by atoms with E-state index >= 15 is 0 Å². The number of ether oxygens (including phenoxy) is 3. The van der Waals surface area contributed by atoms with Gasteiger partial charge in [-0.2, -0.15) is 9.97 Å². The van der Waals surface area contributed by atoms with Crippen LogP contribution in [0.5, 0.6) is 23.5 Å². The molecule has 0 amide bonds. The van der Waals surface area contributed by atoms with Gasteiger partial charge in [0.1, 0.15) is 5.75 Å². The summed E-state index contributed by atoms with van der Waals surface area (Å²) in [4.78, 5) is 8.18. The molecule has 1 aromatic carbocycles. The van der Waals surface area contributed by atoms with E-state index in [-0.39, 0.29) is 6.01 Å². The summed E-state index contributed by atoms with van der Waals surface area (Å²) in [5.74, 6) is 1.68. The predicted molar refractivity (Wildman–Crippen MR) is 71.2 cm³/mol. The molecule has 0 fully saturated rings. The van der Waals surface area contributed by atoms with E-state index in [2.05, 4.69) is 9.97 Å². The standard InChI is InChI=1S/C13H13ClN2O3/c1-17-11-7-12(18-2)16-13(15-11)19-10-6-4-3-5-9(10)8-14/h3-7H,8H2,1-2H3. The summed E-state index contributed by atoms with van der Waals surface area (Å²) in [6, 6.07) is 9.13. The quantitative estimate of drug-likeness (QED) is 0.788. The van der Waals surface area contributed by atoms with Crippen molar-refractivity contribution in [1.82, 2.24) is 9.97 Å². The van der Waals surface area contributed by atoms with Gasteiger partial charge in [0.25, 0.3) is 0 Å². The Morgan fingerprint density at radius 2 is 1.68 bits per heavy atom. The van der Waals surface area contributed by atoms with E-state index in [1.165, 1.54) is 14.2 Å². The van der Waals surface area contributed by atoms with Gasteiger partial charge in [-0.1, -0.05) is 18.2 Å². The summed E-state index contributed by atoms with van der Waals surface area (Å²) in [5, 5.41) is 0. The number of nitrogens with zero attached hydrogens (tertiary/aromatic N) is 2. The third kappa shape index (κ3) is 3.26. The van der Waals surface area contributed by atoms with Crippen LogP contribution in [0.1, 0.15) is 5.56 Å². The zero-order chi connectivity index (χ0) is 13.7. The van der Waals surface area contributed by atoms with Crippen LogP contribution >= 0.6 is 11.6 Å². The van der Waals surface area contributed by atoms with Gasteiger partial charge in [0.2, 0.25) is 11.8 Å². The minimum absolute atomic E-state index is 0.147. The topological polar surface area (TPSA) is 53.5 Å². The first-order chi connectivity index (χ1) is 9.26. The fourth-order valence-electron chi connectivity index (χ4n) is 1.45. The molecule has 0 saturated heterocycles. The van der Waals surface area contributed by atoms with Gasteiger partial charge in [-0.15, -0.1) is 11.6 Å². The molecule has 2 aromatic rings. The summed E-state index contributed by atoms with van der Waals surface area (Å²) < 4.78 is 15.7. The van der Waals surface area contributed by atoms with Crippen molar-refractivity contribution in [2.24, 2.45) is 0 Å². The van der Waals surface area contributed by atoms with Crippen molar-refractivity contribution in [3.8, 4) is 23.5 Å². The van der Waals surface area contributed by atoms with Gasteiger partial charge in [-0.25, -0.2) is 0 Å². The van der Waals surface area contributed by atoms with Crippen molar-refractivity contribution in [2.75, 3.05) is 14.2 Å². The molecule has 2 rings (SSSR count). The molecule has 0 saturated carbocycles. The highest BCUT2D eigenvalue weighted by molar-refractivity contribution is 6.17. The average molecular weight is 281 g/mol. The van der Waals surface area contributed by atoms with Gasteiger partial charge in [-0.3, -0.25) is 0 Å². The van der Waals surface area contributed by atoms with Crippen LogP contribution in [-0.2, 0) is 5.88 Å². The number of para-hydroxylation sites is 1. The zero-order valence-corrected chi connectivity index (χ0v) is 11.3. The SMILES string of the molecule is COc1cc(OC)nc(Oc2ccccc2CCl)n1. The van der Waals surface area contributed by atoms with E-state index in [1.807, 2.05) is 18.2 Å². The molecule has 0 aliphatic carbocycles. The number of hydrogen-bond donors (Lipinski definition) is 0. The fraction of sp³-hybridized carbons (Fsp3) is 0.231. The lowest BCUT2D eigenvalue weighted by molar-refractivity contribution is 0.347. The molecule has 0 bridgehead atoms. The Morgan fingerprint density at radius 3 is 2.26 bits per heavy atom. The molecule has 100 valence electrons. The maximum Gasteiger partial charge on any atom is 0.328 e. The highest BCUT2D eigenvalue weighted by Gasteiger charge is 2.09. The van der Waals surface area contributed by atoms with Crippen LogP contribution in [0, 0.1) is 0 Å². The van der Waals surface area contributed by atoms with E-state index in [1.54, 1.807) is 12.1 Å². The minimum Gasteiger partial charge on any atom is -0.481 e. The van der Waals surface area contributed by atoms with Gasteiger partial charge >= 0.3 is 6.01 Å². The van der Waals surface area contributed by atoms with Crippen molar-refractivity contribution in [1.29, 1.82) is 0 Å². The fourth-order valence-corrected chi connectivity index (χ4v) is 1.67. The highest BCUT2D eigenvalue weighted by Crippen LogP contribution is 2.27. The molecule has 0 aliphatic heterocycles. The van der Waals surface area contributed by atoms with Gasteiger partial charge in [0, 0.05) is 5.56 Å². The van der Waals surface area contributed by atoms with Crippen molar-refractivity contribution >= 4 is 11.6 Å². The first kappa shape index (κ1) is 13.4. The summed E-state index contributed by atoms with van der Waals surface area (Å²) in [5.41, 5.74) is 0.856. The van der Waals surface area contributed by atoms with E-state index in [0.717, 1.165) is 5.56 Å². The molecule has 0 radical (unpaired) electrons. The van der Waals surface area contributed by atoms with Crippen LogP contribution in [-0.4, -0.2) is 24.2 Å².